The first-order valence-corrected chi connectivity index (χ1v) is 5.17. The van der Waals surface area contributed by atoms with E-state index >= 15 is 0 Å². The van der Waals surface area contributed by atoms with Crippen LogP contribution in [0.3, 0.4) is 0 Å². The average Bonchev–Trinajstić information content (AvgIpc) is 2.76. The van der Waals surface area contributed by atoms with Crippen LogP contribution in [0.25, 0.3) is 0 Å². The van der Waals surface area contributed by atoms with Crippen molar-refractivity contribution in [1.82, 2.24) is 9.88 Å². The van der Waals surface area contributed by atoms with Gasteiger partial charge < -0.3 is 15.1 Å². The van der Waals surface area contributed by atoms with Crippen molar-refractivity contribution in [2.75, 3.05) is 12.8 Å². The summed E-state index contributed by atoms with van der Waals surface area (Å²) < 4.78 is 4.81. The Hall–Kier alpha value is -2.30. The fraction of sp³-hybridized carbons (Fsp3) is 0.167. The largest absolute Gasteiger partial charge is 0.431 e. The highest BCUT2D eigenvalue weighted by molar-refractivity contribution is 5.92. The lowest BCUT2D eigenvalue weighted by Crippen LogP contribution is -2.26. The van der Waals surface area contributed by atoms with Crippen LogP contribution in [-0.2, 0) is 6.54 Å². The van der Waals surface area contributed by atoms with Crippen LogP contribution in [0.2, 0.25) is 0 Å². The molecule has 2 N–H and O–H groups in total. The summed E-state index contributed by atoms with van der Waals surface area (Å²) in [6.07, 6.45) is 1.26. The van der Waals surface area contributed by atoms with Gasteiger partial charge >= 0.3 is 0 Å². The zero-order chi connectivity index (χ0) is 12.3. The first kappa shape index (κ1) is 11.2. The molecule has 2 rings (SSSR count). The number of nitrogen functional groups attached to an aromatic ring is 1. The highest BCUT2D eigenvalue weighted by Gasteiger charge is 2.15. The third kappa shape index (κ3) is 2.63. The zero-order valence-corrected chi connectivity index (χ0v) is 9.46. The molecule has 1 amide bonds. The molecule has 0 spiro atoms. The molecular weight excluding hydrogens is 218 g/mol. The Morgan fingerprint density at radius 3 is 2.71 bits per heavy atom. The summed E-state index contributed by atoms with van der Waals surface area (Å²) >= 11 is 0. The molecule has 0 aliphatic rings. The fourth-order valence-corrected chi connectivity index (χ4v) is 1.51. The van der Waals surface area contributed by atoms with E-state index in [1.54, 1.807) is 11.9 Å². The molecule has 0 atom stereocenters. The second-order valence-corrected chi connectivity index (χ2v) is 3.72. The summed E-state index contributed by atoms with van der Waals surface area (Å²) in [7, 11) is 1.71. The number of carbonyl (C=O) groups is 1. The predicted octanol–water partition coefficient (Wildman–Crippen LogP) is 1.53. The monoisotopic (exact) mass is 231 g/mol. The number of benzene rings is 1. The number of carbonyl (C=O) groups excluding carboxylic acids is 1. The molecule has 1 heterocycles. The van der Waals surface area contributed by atoms with Crippen LogP contribution in [0, 0.1) is 0 Å². The van der Waals surface area contributed by atoms with Crippen molar-refractivity contribution in [2.24, 2.45) is 0 Å². The number of nitrogens with two attached hydrogens (primary N) is 1. The van der Waals surface area contributed by atoms with Gasteiger partial charge in [-0.3, -0.25) is 4.79 Å². The number of amides is 1. The van der Waals surface area contributed by atoms with Crippen molar-refractivity contribution < 1.29 is 9.21 Å². The van der Waals surface area contributed by atoms with E-state index in [9.17, 15) is 4.79 Å². The number of nitrogens with zero attached hydrogens (tertiary/aromatic N) is 2. The van der Waals surface area contributed by atoms with Gasteiger partial charge in [0.15, 0.2) is 5.69 Å². The zero-order valence-electron chi connectivity index (χ0n) is 9.46. The van der Waals surface area contributed by atoms with Crippen LogP contribution >= 0.6 is 0 Å². The lowest BCUT2D eigenvalue weighted by molar-refractivity contribution is 0.0779. The molecule has 0 saturated carbocycles. The van der Waals surface area contributed by atoms with Crippen LogP contribution in [0.15, 0.2) is 41.0 Å². The normalized spacial score (nSPS) is 10.2. The van der Waals surface area contributed by atoms with Crippen molar-refractivity contribution in [3.05, 3.63) is 47.9 Å². The van der Waals surface area contributed by atoms with Gasteiger partial charge in [0.25, 0.3) is 11.9 Å². The van der Waals surface area contributed by atoms with E-state index in [1.807, 2.05) is 30.3 Å². The minimum Gasteiger partial charge on any atom is -0.431 e. The lowest BCUT2D eigenvalue weighted by atomic mass is 10.2. The van der Waals surface area contributed by atoms with Crippen molar-refractivity contribution in [2.45, 2.75) is 6.54 Å². The molecule has 0 radical (unpaired) electrons. The Morgan fingerprint density at radius 1 is 1.41 bits per heavy atom. The van der Waals surface area contributed by atoms with E-state index in [0.717, 1.165) is 5.56 Å². The highest BCUT2D eigenvalue weighted by Crippen LogP contribution is 2.09. The van der Waals surface area contributed by atoms with Gasteiger partial charge in [0, 0.05) is 13.6 Å². The van der Waals surface area contributed by atoms with Gasteiger partial charge in [-0.1, -0.05) is 30.3 Å². The molecule has 0 saturated heterocycles. The van der Waals surface area contributed by atoms with Gasteiger partial charge in [-0.15, -0.1) is 0 Å². The van der Waals surface area contributed by atoms with Crippen LogP contribution in [0.5, 0.6) is 0 Å². The van der Waals surface area contributed by atoms with E-state index in [2.05, 4.69) is 4.98 Å². The molecule has 1 aromatic heterocycles. The lowest BCUT2D eigenvalue weighted by Gasteiger charge is -2.15. The van der Waals surface area contributed by atoms with Crippen LogP contribution in [0.4, 0.5) is 6.01 Å². The number of rotatable bonds is 3. The molecule has 88 valence electrons. The fourth-order valence-electron chi connectivity index (χ4n) is 1.51. The summed E-state index contributed by atoms with van der Waals surface area (Å²) in [5.41, 5.74) is 6.60. The molecule has 17 heavy (non-hydrogen) atoms. The Kier molecular flexibility index (Phi) is 3.09. The summed E-state index contributed by atoms with van der Waals surface area (Å²) in [6.45, 7) is 0.520. The first-order chi connectivity index (χ1) is 8.16. The van der Waals surface area contributed by atoms with Crippen LogP contribution in [0.1, 0.15) is 16.1 Å². The van der Waals surface area contributed by atoms with E-state index in [-0.39, 0.29) is 17.6 Å². The van der Waals surface area contributed by atoms with Gasteiger partial charge in [-0.25, -0.2) is 0 Å². The maximum atomic E-state index is 11.9. The Balaban J connectivity index is 2.06. The van der Waals surface area contributed by atoms with Crippen molar-refractivity contribution in [3.8, 4) is 0 Å². The molecule has 5 nitrogen and oxygen atoms in total. The maximum Gasteiger partial charge on any atom is 0.292 e. The molecule has 0 aliphatic carbocycles. The molecule has 0 fully saturated rings. The summed E-state index contributed by atoms with van der Waals surface area (Å²) in [5, 5.41) is 0. The van der Waals surface area contributed by atoms with E-state index < -0.39 is 0 Å². The van der Waals surface area contributed by atoms with Crippen molar-refractivity contribution in [3.63, 3.8) is 0 Å². The molecule has 1 aromatic carbocycles. The third-order valence-corrected chi connectivity index (χ3v) is 2.35. The number of hydrogen-bond donors (Lipinski definition) is 1. The number of oxazole rings is 1. The van der Waals surface area contributed by atoms with Crippen molar-refractivity contribution in [1.29, 1.82) is 0 Å². The van der Waals surface area contributed by atoms with Gasteiger partial charge in [0.05, 0.1) is 0 Å². The number of anilines is 1. The second kappa shape index (κ2) is 4.69. The molecular formula is C12H13N3O2. The summed E-state index contributed by atoms with van der Waals surface area (Å²) in [6, 6.07) is 9.72. The SMILES string of the molecule is CN(Cc1ccccc1)C(=O)c1coc(N)n1. The molecule has 0 bridgehead atoms. The summed E-state index contributed by atoms with van der Waals surface area (Å²) in [5.74, 6) is -0.214. The van der Waals surface area contributed by atoms with E-state index in [0.29, 0.717) is 6.54 Å². The Morgan fingerprint density at radius 2 is 2.12 bits per heavy atom. The molecule has 0 aliphatic heterocycles. The minimum absolute atomic E-state index is 0.00135. The molecule has 0 unspecified atom stereocenters. The minimum atomic E-state index is -0.214. The van der Waals surface area contributed by atoms with Gasteiger partial charge in [-0.05, 0) is 5.56 Å². The van der Waals surface area contributed by atoms with Gasteiger partial charge in [-0.2, -0.15) is 4.98 Å². The van der Waals surface area contributed by atoms with Crippen LogP contribution < -0.4 is 5.73 Å². The smallest absolute Gasteiger partial charge is 0.292 e. The number of hydrogen-bond acceptors (Lipinski definition) is 4. The number of aromatic nitrogens is 1. The van der Waals surface area contributed by atoms with Crippen LogP contribution in [-0.4, -0.2) is 22.8 Å². The molecule has 5 heteroatoms. The van der Waals surface area contributed by atoms with Gasteiger partial charge in [0.2, 0.25) is 0 Å². The standard InChI is InChI=1S/C12H13N3O2/c1-15(7-9-5-3-2-4-6-9)11(16)10-8-17-12(13)14-10/h2-6,8H,7H2,1H3,(H2,13,14). The molecule has 2 aromatic rings. The van der Waals surface area contributed by atoms with E-state index in [4.69, 9.17) is 10.2 Å². The maximum absolute atomic E-state index is 11.9. The Bertz CT molecular complexity index is 507. The first-order valence-electron chi connectivity index (χ1n) is 5.17. The predicted molar refractivity (Wildman–Crippen MR) is 63.2 cm³/mol. The second-order valence-electron chi connectivity index (χ2n) is 3.72. The highest BCUT2D eigenvalue weighted by atomic mass is 16.4. The van der Waals surface area contributed by atoms with Gasteiger partial charge in [0.1, 0.15) is 6.26 Å². The third-order valence-electron chi connectivity index (χ3n) is 2.35. The van der Waals surface area contributed by atoms with E-state index in [1.165, 1.54) is 6.26 Å². The van der Waals surface area contributed by atoms with Crippen molar-refractivity contribution >= 4 is 11.9 Å². The Labute approximate surface area is 98.9 Å². The quantitative estimate of drug-likeness (QED) is 0.869. The summed E-state index contributed by atoms with van der Waals surface area (Å²) in [4.78, 5) is 17.3. The topological polar surface area (TPSA) is 72.4 Å². The average molecular weight is 231 g/mol.